The molecule has 0 unspecified atom stereocenters. The highest BCUT2D eigenvalue weighted by molar-refractivity contribution is 7.87. The summed E-state index contributed by atoms with van der Waals surface area (Å²) in [6.07, 6.45) is 6.18. The monoisotopic (exact) mass is 390 g/mol. The van der Waals surface area contributed by atoms with E-state index < -0.39 is 16.2 Å². The molecule has 0 spiro atoms. The molecule has 4 aliphatic rings. The first-order valence-corrected chi connectivity index (χ1v) is 11.3. The molecule has 2 atom stereocenters. The van der Waals surface area contributed by atoms with Gasteiger partial charge >= 0.3 is 16.2 Å². The number of fused-ring (bicyclic) bond motifs is 3. The van der Waals surface area contributed by atoms with Crippen molar-refractivity contribution in [2.24, 2.45) is 5.92 Å². The predicted octanol–water partition coefficient (Wildman–Crippen LogP) is 1.28. The van der Waals surface area contributed by atoms with Gasteiger partial charge in [0.2, 0.25) is 0 Å². The molecular weight excluding hydrogens is 364 g/mol. The van der Waals surface area contributed by atoms with E-state index in [-0.39, 0.29) is 6.04 Å². The van der Waals surface area contributed by atoms with Crippen LogP contribution in [0.2, 0.25) is 0 Å². The SMILES string of the molecule is CN1C[C@H]2CN(S(=O)(=O)NC(=O)Nc3c4c(cc5c3CCC5)CCC4)C[C@H]21. The summed E-state index contributed by atoms with van der Waals surface area (Å²) in [6, 6.07) is 1.93. The van der Waals surface area contributed by atoms with Gasteiger partial charge < -0.3 is 10.2 Å². The number of hydrogen-bond acceptors (Lipinski definition) is 4. The lowest BCUT2D eigenvalue weighted by atomic mass is 9.93. The van der Waals surface area contributed by atoms with Crippen LogP contribution < -0.4 is 10.0 Å². The van der Waals surface area contributed by atoms with Gasteiger partial charge in [-0.15, -0.1) is 0 Å². The van der Waals surface area contributed by atoms with Gasteiger partial charge in [0.15, 0.2) is 0 Å². The molecule has 2 N–H and O–H groups in total. The maximum Gasteiger partial charge on any atom is 0.333 e. The van der Waals surface area contributed by atoms with Crippen molar-refractivity contribution in [3.63, 3.8) is 0 Å². The van der Waals surface area contributed by atoms with E-state index in [1.807, 2.05) is 7.05 Å². The van der Waals surface area contributed by atoms with Crippen molar-refractivity contribution < 1.29 is 13.2 Å². The number of aryl methyl sites for hydroxylation is 2. The number of carbonyl (C=O) groups excluding carboxylic acids is 1. The predicted molar refractivity (Wildman–Crippen MR) is 103 cm³/mol. The van der Waals surface area contributed by atoms with Crippen LogP contribution in [0.25, 0.3) is 0 Å². The number of carbonyl (C=O) groups is 1. The van der Waals surface area contributed by atoms with Crippen LogP contribution in [-0.4, -0.2) is 56.4 Å². The number of hydrogen-bond donors (Lipinski definition) is 2. The minimum atomic E-state index is -3.81. The zero-order chi connectivity index (χ0) is 18.8. The number of nitrogens with zero attached hydrogens (tertiary/aromatic N) is 2. The third kappa shape index (κ3) is 2.85. The second kappa shape index (κ2) is 6.18. The summed E-state index contributed by atoms with van der Waals surface area (Å²) in [4.78, 5) is 14.8. The van der Waals surface area contributed by atoms with Gasteiger partial charge in [0, 0.05) is 37.3 Å². The molecule has 27 heavy (non-hydrogen) atoms. The Balaban J connectivity index is 1.33. The molecule has 7 nitrogen and oxygen atoms in total. The number of benzene rings is 1. The second-order valence-corrected chi connectivity index (χ2v) is 10.0. The molecule has 5 rings (SSSR count). The maximum atomic E-state index is 12.7. The Kier molecular flexibility index (Phi) is 4.00. The number of likely N-dealkylation sites (tertiary alicyclic amines) is 1. The normalized spacial score (nSPS) is 27.0. The number of amides is 2. The molecule has 0 bridgehead atoms. The van der Waals surface area contributed by atoms with Gasteiger partial charge in [-0.3, -0.25) is 0 Å². The Bertz CT molecular complexity index is 882. The van der Waals surface area contributed by atoms with Crippen LogP contribution in [-0.2, 0) is 35.9 Å². The Morgan fingerprint density at radius 1 is 1.04 bits per heavy atom. The molecule has 2 aliphatic carbocycles. The van der Waals surface area contributed by atoms with Gasteiger partial charge in [-0.1, -0.05) is 6.07 Å². The van der Waals surface area contributed by atoms with Crippen LogP contribution in [0.5, 0.6) is 0 Å². The first kappa shape index (κ1) is 17.5. The van der Waals surface area contributed by atoms with Gasteiger partial charge in [0.25, 0.3) is 0 Å². The molecule has 2 aliphatic heterocycles. The lowest BCUT2D eigenvalue weighted by Crippen LogP contribution is -2.53. The highest BCUT2D eigenvalue weighted by atomic mass is 32.2. The molecule has 2 saturated heterocycles. The molecular formula is C19H26N4O3S. The van der Waals surface area contributed by atoms with Crippen LogP contribution in [0.4, 0.5) is 10.5 Å². The third-order valence-electron chi connectivity index (χ3n) is 6.73. The zero-order valence-corrected chi connectivity index (χ0v) is 16.4. The van der Waals surface area contributed by atoms with Gasteiger partial charge in [0.1, 0.15) is 0 Å². The molecule has 0 radical (unpaired) electrons. The maximum absolute atomic E-state index is 12.7. The molecule has 8 heteroatoms. The number of likely N-dealkylation sites (N-methyl/N-ethyl adjacent to an activating group) is 1. The van der Waals surface area contributed by atoms with E-state index in [9.17, 15) is 13.2 Å². The first-order chi connectivity index (χ1) is 12.9. The first-order valence-electron chi connectivity index (χ1n) is 9.88. The molecule has 2 heterocycles. The number of rotatable bonds is 3. The smallest absolute Gasteiger partial charge is 0.307 e. The van der Waals surface area contributed by atoms with Gasteiger partial charge in [-0.2, -0.15) is 12.7 Å². The minimum Gasteiger partial charge on any atom is -0.307 e. The van der Waals surface area contributed by atoms with Crippen LogP contribution in [0.3, 0.4) is 0 Å². The van der Waals surface area contributed by atoms with E-state index >= 15 is 0 Å². The molecule has 146 valence electrons. The molecule has 2 fully saturated rings. The summed E-state index contributed by atoms with van der Waals surface area (Å²) in [5.41, 5.74) is 5.89. The van der Waals surface area contributed by atoms with Crippen molar-refractivity contribution in [2.75, 3.05) is 32.0 Å². The summed E-state index contributed by atoms with van der Waals surface area (Å²) in [7, 11) is -1.80. The van der Waals surface area contributed by atoms with Crippen molar-refractivity contribution in [2.45, 2.75) is 44.6 Å². The van der Waals surface area contributed by atoms with Crippen molar-refractivity contribution in [3.8, 4) is 0 Å². The zero-order valence-electron chi connectivity index (χ0n) is 15.6. The summed E-state index contributed by atoms with van der Waals surface area (Å²) < 4.78 is 29.0. The summed E-state index contributed by atoms with van der Waals surface area (Å²) in [6.45, 7) is 1.87. The van der Waals surface area contributed by atoms with Crippen LogP contribution in [0, 0.1) is 5.92 Å². The minimum absolute atomic E-state index is 0.283. The standard InChI is InChI=1S/C19H26N4O3S/c1-22-9-14-10-23(11-17(14)22)27(25,26)21-19(24)20-18-15-6-2-4-12(15)8-13-5-3-7-16(13)18/h8,14,17H,2-7,9-11H2,1H3,(H2,20,21,24)/t14-,17+/m0/s1. The Morgan fingerprint density at radius 3 is 2.30 bits per heavy atom. The van der Waals surface area contributed by atoms with Crippen molar-refractivity contribution in [1.82, 2.24) is 13.9 Å². The molecule has 1 aromatic carbocycles. The fraction of sp³-hybridized carbons (Fsp3) is 0.632. The fourth-order valence-corrected chi connectivity index (χ4v) is 6.50. The van der Waals surface area contributed by atoms with E-state index in [0.29, 0.717) is 19.0 Å². The van der Waals surface area contributed by atoms with Crippen LogP contribution >= 0.6 is 0 Å². The van der Waals surface area contributed by atoms with Gasteiger partial charge in [0.05, 0.1) is 0 Å². The van der Waals surface area contributed by atoms with E-state index in [1.54, 1.807) is 0 Å². The summed E-state index contributed by atoms with van der Waals surface area (Å²) >= 11 is 0. The van der Waals surface area contributed by atoms with E-state index in [4.69, 9.17) is 0 Å². The highest BCUT2D eigenvalue weighted by Gasteiger charge is 2.47. The van der Waals surface area contributed by atoms with Crippen molar-refractivity contribution in [1.29, 1.82) is 0 Å². The Morgan fingerprint density at radius 2 is 1.70 bits per heavy atom. The van der Waals surface area contributed by atoms with Crippen LogP contribution in [0.15, 0.2) is 6.07 Å². The summed E-state index contributed by atoms with van der Waals surface area (Å²) in [5, 5.41) is 2.90. The Labute approximate surface area is 160 Å². The molecule has 0 aromatic heterocycles. The lowest BCUT2D eigenvalue weighted by molar-refractivity contribution is 0.0826. The molecule has 0 saturated carbocycles. The average Bonchev–Trinajstić information content (AvgIpc) is 3.31. The lowest BCUT2D eigenvalue weighted by Gasteiger charge is -2.40. The number of nitrogens with one attached hydrogen (secondary N) is 2. The van der Waals surface area contributed by atoms with E-state index in [2.05, 4.69) is 21.0 Å². The van der Waals surface area contributed by atoms with Crippen molar-refractivity contribution in [3.05, 3.63) is 28.3 Å². The third-order valence-corrected chi connectivity index (χ3v) is 8.16. The van der Waals surface area contributed by atoms with Gasteiger partial charge in [-0.25, -0.2) is 9.52 Å². The van der Waals surface area contributed by atoms with E-state index in [0.717, 1.165) is 50.8 Å². The Hall–Kier alpha value is -1.64. The highest BCUT2D eigenvalue weighted by Crippen LogP contribution is 2.38. The molecule has 1 aromatic rings. The fourth-order valence-electron chi connectivity index (χ4n) is 5.35. The van der Waals surface area contributed by atoms with Crippen LogP contribution in [0.1, 0.15) is 35.1 Å². The largest absolute Gasteiger partial charge is 0.333 e. The number of urea groups is 1. The quantitative estimate of drug-likeness (QED) is 0.815. The van der Waals surface area contributed by atoms with Crippen molar-refractivity contribution >= 4 is 21.9 Å². The second-order valence-electron chi connectivity index (χ2n) is 8.38. The summed E-state index contributed by atoms with van der Waals surface area (Å²) in [5.74, 6) is 0.385. The number of anilines is 1. The van der Waals surface area contributed by atoms with E-state index in [1.165, 1.54) is 26.6 Å². The average molecular weight is 391 g/mol. The molecule has 2 amide bonds. The van der Waals surface area contributed by atoms with Gasteiger partial charge in [-0.05, 0) is 67.8 Å². The topological polar surface area (TPSA) is 81.8 Å².